The van der Waals surface area contributed by atoms with Crippen LogP contribution in [-0.4, -0.2) is 31.4 Å². The third-order valence-corrected chi connectivity index (χ3v) is 5.22. The van der Waals surface area contributed by atoms with Gasteiger partial charge in [0.05, 0.1) is 0 Å². The number of carbonyl (C=O) groups excluding carboxylic acids is 1. The molecule has 0 fully saturated rings. The lowest BCUT2D eigenvalue weighted by Gasteiger charge is -2.20. The number of hydrogen-bond acceptors (Lipinski definition) is 2. The molecule has 1 aromatic carbocycles. The number of aliphatic hydroxyl groups excluding tert-OH is 1. The lowest BCUT2D eigenvalue weighted by atomic mass is 10.1. The van der Waals surface area contributed by atoms with Crippen LogP contribution < -0.4 is 5.19 Å². The van der Waals surface area contributed by atoms with Gasteiger partial charge in [-0.3, -0.25) is 4.79 Å². The third-order valence-electron chi connectivity index (χ3n) is 2.56. The SMILES string of the molecule is C[Si](C)(CO)c1cccc(C(=O)C(F)(F)F)c1. The summed E-state index contributed by atoms with van der Waals surface area (Å²) in [4.78, 5) is 11.1. The van der Waals surface area contributed by atoms with Crippen LogP contribution >= 0.6 is 0 Å². The maximum absolute atomic E-state index is 12.3. The highest BCUT2D eigenvalue weighted by Gasteiger charge is 2.39. The van der Waals surface area contributed by atoms with Crippen molar-refractivity contribution < 1.29 is 23.1 Å². The molecule has 94 valence electrons. The van der Waals surface area contributed by atoms with E-state index in [0.29, 0.717) is 5.19 Å². The summed E-state index contributed by atoms with van der Waals surface area (Å²) in [6.07, 6.45) is -4.93. The fourth-order valence-electron chi connectivity index (χ4n) is 1.34. The van der Waals surface area contributed by atoms with Crippen molar-refractivity contribution in [3.8, 4) is 0 Å². The Kier molecular flexibility index (Phi) is 3.78. The van der Waals surface area contributed by atoms with E-state index in [9.17, 15) is 23.1 Å². The van der Waals surface area contributed by atoms with E-state index < -0.39 is 20.0 Å². The van der Waals surface area contributed by atoms with Crippen LogP contribution in [0.15, 0.2) is 24.3 Å². The highest BCUT2D eigenvalue weighted by molar-refractivity contribution is 6.89. The Morgan fingerprint density at radius 3 is 2.41 bits per heavy atom. The minimum absolute atomic E-state index is 0.0728. The summed E-state index contributed by atoms with van der Waals surface area (Å²) < 4.78 is 36.8. The highest BCUT2D eigenvalue weighted by atomic mass is 28.3. The lowest BCUT2D eigenvalue weighted by molar-refractivity contribution is -0.0885. The summed E-state index contributed by atoms with van der Waals surface area (Å²) in [6, 6.07) is 5.44. The van der Waals surface area contributed by atoms with Gasteiger partial charge in [0.2, 0.25) is 0 Å². The number of benzene rings is 1. The fourth-order valence-corrected chi connectivity index (χ4v) is 2.61. The summed E-state index contributed by atoms with van der Waals surface area (Å²) in [7, 11) is -2.15. The van der Waals surface area contributed by atoms with Crippen LogP contribution in [0.4, 0.5) is 13.2 Å². The normalized spacial score (nSPS) is 12.6. The van der Waals surface area contributed by atoms with Crippen LogP contribution in [-0.2, 0) is 0 Å². The second kappa shape index (κ2) is 4.62. The largest absolute Gasteiger partial charge is 0.454 e. The molecule has 0 bridgehead atoms. The van der Waals surface area contributed by atoms with Crippen LogP contribution in [0.5, 0.6) is 0 Å². The van der Waals surface area contributed by atoms with Crippen LogP contribution in [0.1, 0.15) is 10.4 Å². The molecule has 0 heterocycles. The van der Waals surface area contributed by atoms with Gasteiger partial charge in [-0.15, -0.1) is 0 Å². The summed E-state index contributed by atoms with van der Waals surface area (Å²) in [5.74, 6) is -1.85. The second-order valence-corrected chi connectivity index (χ2v) is 9.11. The molecule has 0 atom stereocenters. The van der Waals surface area contributed by atoms with Crippen molar-refractivity contribution in [3.05, 3.63) is 29.8 Å². The third kappa shape index (κ3) is 3.16. The maximum Gasteiger partial charge on any atom is 0.454 e. The Bertz CT molecular complexity index is 427. The zero-order valence-electron chi connectivity index (χ0n) is 9.51. The summed E-state index contributed by atoms with van der Waals surface area (Å²) >= 11 is 0. The number of halogens is 3. The van der Waals surface area contributed by atoms with Crippen LogP contribution in [0.25, 0.3) is 0 Å². The van der Waals surface area contributed by atoms with Crippen LogP contribution in [0.2, 0.25) is 13.1 Å². The monoisotopic (exact) mass is 262 g/mol. The zero-order valence-corrected chi connectivity index (χ0v) is 10.5. The summed E-state index contributed by atoms with van der Waals surface area (Å²) in [5, 5.41) is 9.83. The predicted molar refractivity (Wildman–Crippen MR) is 61.0 cm³/mol. The molecule has 0 aromatic heterocycles. The number of carbonyl (C=O) groups is 1. The van der Waals surface area contributed by atoms with Gasteiger partial charge in [-0.1, -0.05) is 42.5 Å². The molecule has 0 aliphatic heterocycles. The number of Topliss-reactive ketones (excluding diaryl/α,β-unsaturated/α-hetero) is 1. The van der Waals surface area contributed by atoms with Gasteiger partial charge in [0.25, 0.3) is 5.78 Å². The number of aliphatic hydroxyl groups is 1. The zero-order chi connectivity index (χ0) is 13.3. The van der Waals surface area contributed by atoms with Crippen molar-refractivity contribution in [1.29, 1.82) is 0 Å². The average Bonchev–Trinajstić information content (AvgIpc) is 2.27. The molecule has 2 nitrogen and oxygen atoms in total. The summed E-state index contributed by atoms with van der Waals surface area (Å²) in [6.45, 7) is 3.65. The Morgan fingerprint density at radius 2 is 1.94 bits per heavy atom. The van der Waals surface area contributed by atoms with Gasteiger partial charge < -0.3 is 5.11 Å². The predicted octanol–water partition coefficient (Wildman–Crippen LogP) is 1.88. The fraction of sp³-hybridized carbons (Fsp3) is 0.364. The molecular weight excluding hydrogens is 249 g/mol. The molecule has 0 radical (unpaired) electrons. The number of rotatable bonds is 3. The first kappa shape index (κ1) is 13.9. The Labute approximate surface area is 98.1 Å². The van der Waals surface area contributed by atoms with E-state index in [0.717, 1.165) is 6.07 Å². The molecule has 17 heavy (non-hydrogen) atoms. The van der Waals surface area contributed by atoms with E-state index in [2.05, 4.69) is 0 Å². The number of ketones is 1. The molecule has 0 amide bonds. The van der Waals surface area contributed by atoms with Gasteiger partial charge in [0.1, 0.15) is 8.07 Å². The molecule has 0 saturated carbocycles. The molecule has 6 heteroatoms. The van der Waals surface area contributed by atoms with E-state index in [4.69, 9.17) is 0 Å². The first-order valence-corrected chi connectivity index (χ1v) is 8.22. The van der Waals surface area contributed by atoms with Crippen molar-refractivity contribution >= 4 is 19.0 Å². The molecule has 0 saturated heterocycles. The second-order valence-electron chi connectivity index (χ2n) is 4.45. The van der Waals surface area contributed by atoms with Crippen molar-refractivity contribution in [3.63, 3.8) is 0 Å². The van der Waals surface area contributed by atoms with Gasteiger partial charge >= 0.3 is 6.18 Å². The Hall–Kier alpha value is -1.14. The van der Waals surface area contributed by atoms with Crippen molar-refractivity contribution in [1.82, 2.24) is 0 Å². The highest BCUT2D eigenvalue weighted by Crippen LogP contribution is 2.21. The van der Waals surface area contributed by atoms with E-state index in [1.807, 2.05) is 13.1 Å². The molecule has 1 rings (SSSR count). The van der Waals surface area contributed by atoms with Gasteiger partial charge in [0, 0.05) is 11.8 Å². The first-order chi connectivity index (χ1) is 7.68. The van der Waals surface area contributed by atoms with Crippen LogP contribution in [0.3, 0.4) is 0 Å². The minimum atomic E-state index is -4.86. The molecule has 0 spiro atoms. The smallest absolute Gasteiger partial charge is 0.399 e. The molecular formula is C11H13F3O2Si. The van der Waals surface area contributed by atoms with Crippen molar-refractivity contribution in [2.45, 2.75) is 19.3 Å². The van der Waals surface area contributed by atoms with Crippen LogP contribution in [0, 0.1) is 0 Å². The van der Waals surface area contributed by atoms with E-state index in [-0.39, 0.29) is 11.8 Å². The number of hydrogen-bond donors (Lipinski definition) is 1. The van der Waals surface area contributed by atoms with E-state index in [1.54, 1.807) is 6.07 Å². The quantitative estimate of drug-likeness (QED) is 0.667. The average molecular weight is 262 g/mol. The molecule has 1 aromatic rings. The first-order valence-electron chi connectivity index (χ1n) is 5.01. The molecule has 1 N–H and O–H groups in total. The Morgan fingerprint density at radius 1 is 1.35 bits per heavy atom. The topological polar surface area (TPSA) is 37.3 Å². The standard InChI is InChI=1S/C11H13F3O2Si/c1-17(2,7-15)9-5-3-4-8(6-9)10(16)11(12,13)14/h3-6,15H,7H2,1-2H3. The lowest BCUT2D eigenvalue weighted by Crippen LogP contribution is -2.45. The van der Waals surface area contributed by atoms with Gasteiger partial charge in [-0.2, -0.15) is 13.2 Å². The van der Waals surface area contributed by atoms with Crippen molar-refractivity contribution in [2.75, 3.05) is 6.23 Å². The summed E-state index contributed by atoms with van der Waals surface area (Å²) in [5.41, 5.74) is -0.371. The van der Waals surface area contributed by atoms with Gasteiger partial charge in [-0.05, 0) is 0 Å². The van der Waals surface area contributed by atoms with Gasteiger partial charge in [-0.25, -0.2) is 0 Å². The van der Waals surface area contributed by atoms with Crippen molar-refractivity contribution in [2.24, 2.45) is 0 Å². The van der Waals surface area contributed by atoms with E-state index in [1.165, 1.54) is 12.1 Å². The Balaban J connectivity index is 3.15. The maximum atomic E-state index is 12.3. The van der Waals surface area contributed by atoms with Gasteiger partial charge in [0.15, 0.2) is 0 Å². The minimum Gasteiger partial charge on any atom is -0.399 e. The molecule has 0 aliphatic carbocycles. The molecule has 0 aliphatic rings. The van der Waals surface area contributed by atoms with E-state index >= 15 is 0 Å². The number of alkyl halides is 3. The molecule has 0 unspecified atom stereocenters.